The van der Waals surface area contributed by atoms with Gasteiger partial charge in [-0.25, -0.2) is 0 Å². The lowest BCUT2D eigenvalue weighted by molar-refractivity contribution is -0.354. The zero-order chi connectivity index (χ0) is 15.8. The smallest absolute Gasteiger partial charge is 0.221 e. The summed E-state index contributed by atoms with van der Waals surface area (Å²) in [7, 11) is 0. The molecule has 21 heavy (non-hydrogen) atoms. The molecule has 0 spiro atoms. The van der Waals surface area contributed by atoms with Crippen LogP contribution in [-0.4, -0.2) is 104 Å². The van der Waals surface area contributed by atoms with Crippen LogP contribution < -0.4 is 0 Å². The Balaban J connectivity index is 2.00. The molecule has 0 saturated carbocycles. The molecule has 7 N–H and O–H groups in total. The second-order valence-corrected chi connectivity index (χ2v) is 5.14. The topological polar surface area (TPSA) is 169 Å². The quantitative estimate of drug-likeness (QED) is 0.267. The van der Waals surface area contributed by atoms with Gasteiger partial charge in [-0.3, -0.25) is 0 Å². The fourth-order valence-electron chi connectivity index (χ4n) is 2.28. The first-order valence-corrected chi connectivity index (χ1v) is 6.45. The lowest BCUT2D eigenvalue weighted by Crippen LogP contribution is -2.64. The lowest BCUT2D eigenvalue weighted by atomic mass is 9.97. The number of aliphatic hydroxyl groups is 7. The van der Waals surface area contributed by atoms with Crippen molar-refractivity contribution in [1.29, 1.82) is 0 Å². The Bertz CT molecular complexity index is 354. The van der Waals surface area contributed by atoms with Crippen molar-refractivity contribution in [2.45, 2.75) is 48.7 Å². The molecular formula is C11H20O10. The molecule has 8 atom stereocenters. The lowest BCUT2D eigenvalue weighted by Gasteiger charge is -2.44. The Kier molecular flexibility index (Phi) is 5.15. The van der Waals surface area contributed by atoms with E-state index >= 15 is 0 Å². The van der Waals surface area contributed by atoms with Gasteiger partial charge in [0.05, 0.1) is 13.2 Å². The molecule has 0 radical (unpaired) electrons. The van der Waals surface area contributed by atoms with Gasteiger partial charge in [0.25, 0.3) is 0 Å². The number of hydrogen-bond acceptors (Lipinski definition) is 10. The van der Waals surface area contributed by atoms with Gasteiger partial charge < -0.3 is 50.0 Å². The second kappa shape index (κ2) is 6.38. The highest BCUT2D eigenvalue weighted by Crippen LogP contribution is 2.29. The van der Waals surface area contributed by atoms with Crippen molar-refractivity contribution in [3.05, 3.63) is 0 Å². The van der Waals surface area contributed by atoms with E-state index in [4.69, 9.17) is 14.2 Å². The standard InChI is InChI=1S/C11H20O10/c12-3-11(9(17)6(14)4(13)1-19-11)20-2-5-7(15)8(16)10(18)21-5/h4-10,12-18H,1-3H2/t4-,5-,6-,7-,8-,9-,10?,11+/m1/s1. The molecule has 0 amide bonds. The number of ether oxygens (including phenoxy) is 3. The molecule has 2 heterocycles. The van der Waals surface area contributed by atoms with Crippen LogP contribution in [0.2, 0.25) is 0 Å². The van der Waals surface area contributed by atoms with Crippen molar-refractivity contribution in [2.75, 3.05) is 19.8 Å². The van der Waals surface area contributed by atoms with Gasteiger partial charge in [0.2, 0.25) is 5.79 Å². The summed E-state index contributed by atoms with van der Waals surface area (Å²) >= 11 is 0. The van der Waals surface area contributed by atoms with Gasteiger partial charge in [0, 0.05) is 0 Å². The van der Waals surface area contributed by atoms with E-state index in [-0.39, 0.29) is 6.61 Å². The first-order valence-electron chi connectivity index (χ1n) is 6.45. The summed E-state index contributed by atoms with van der Waals surface area (Å²) in [6.07, 6.45) is -10.3. The third-order valence-corrected chi connectivity index (χ3v) is 3.72. The normalized spacial score (nSPS) is 51.3. The minimum absolute atomic E-state index is 0.377. The minimum Gasteiger partial charge on any atom is -0.391 e. The van der Waals surface area contributed by atoms with E-state index < -0.39 is 61.9 Å². The third-order valence-electron chi connectivity index (χ3n) is 3.72. The van der Waals surface area contributed by atoms with Crippen molar-refractivity contribution in [1.82, 2.24) is 0 Å². The second-order valence-electron chi connectivity index (χ2n) is 5.14. The molecule has 2 aliphatic heterocycles. The minimum atomic E-state index is -2.00. The molecule has 2 fully saturated rings. The Morgan fingerprint density at radius 3 is 2.19 bits per heavy atom. The predicted molar refractivity (Wildman–Crippen MR) is 62.6 cm³/mol. The summed E-state index contributed by atoms with van der Waals surface area (Å²) < 4.78 is 15.1. The summed E-state index contributed by atoms with van der Waals surface area (Å²) in [6, 6.07) is 0. The van der Waals surface area contributed by atoms with Crippen molar-refractivity contribution in [3.63, 3.8) is 0 Å². The number of aliphatic hydroxyl groups excluding tert-OH is 7. The Labute approximate surface area is 119 Å². The molecule has 2 rings (SSSR count). The maximum atomic E-state index is 9.88. The van der Waals surface area contributed by atoms with Gasteiger partial charge in [0.1, 0.15) is 43.2 Å². The average molecular weight is 312 g/mol. The number of rotatable bonds is 4. The Hall–Kier alpha value is -0.400. The van der Waals surface area contributed by atoms with E-state index in [0.717, 1.165) is 0 Å². The monoisotopic (exact) mass is 312 g/mol. The van der Waals surface area contributed by atoms with Gasteiger partial charge in [-0.1, -0.05) is 0 Å². The van der Waals surface area contributed by atoms with Crippen LogP contribution in [-0.2, 0) is 14.2 Å². The van der Waals surface area contributed by atoms with Crippen LogP contribution in [0.1, 0.15) is 0 Å². The summed E-state index contributed by atoms with van der Waals surface area (Å²) in [4.78, 5) is 0. The predicted octanol–water partition coefficient (Wildman–Crippen LogP) is -4.76. The molecule has 0 aliphatic carbocycles. The van der Waals surface area contributed by atoms with Crippen molar-refractivity contribution >= 4 is 0 Å². The summed E-state index contributed by atoms with van der Waals surface area (Å²) in [5.74, 6) is -2.00. The Morgan fingerprint density at radius 1 is 1.00 bits per heavy atom. The fourth-order valence-corrected chi connectivity index (χ4v) is 2.28. The molecule has 0 aromatic heterocycles. The SMILES string of the molecule is OC[C@@]1(OC[C@H]2OC(O)[C@H](O)[C@@H]2O)OC[C@@H](O)[C@@H](O)[C@H]1O. The van der Waals surface area contributed by atoms with Gasteiger partial charge in [0.15, 0.2) is 6.29 Å². The zero-order valence-electron chi connectivity index (χ0n) is 11.0. The zero-order valence-corrected chi connectivity index (χ0v) is 11.0. The Morgan fingerprint density at radius 2 is 1.67 bits per heavy atom. The van der Waals surface area contributed by atoms with E-state index in [2.05, 4.69) is 0 Å². The molecule has 0 aromatic carbocycles. The molecule has 2 aliphatic rings. The molecule has 0 aromatic rings. The summed E-state index contributed by atoms with van der Waals surface area (Å²) in [5.41, 5.74) is 0. The van der Waals surface area contributed by atoms with E-state index in [1.54, 1.807) is 0 Å². The molecule has 2 saturated heterocycles. The maximum absolute atomic E-state index is 9.88. The molecular weight excluding hydrogens is 292 g/mol. The van der Waals surface area contributed by atoms with Crippen LogP contribution in [0.15, 0.2) is 0 Å². The van der Waals surface area contributed by atoms with Crippen molar-refractivity contribution in [2.24, 2.45) is 0 Å². The van der Waals surface area contributed by atoms with Crippen LogP contribution in [0.5, 0.6) is 0 Å². The molecule has 10 heteroatoms. The molecule has 1 unspecified atom stereocenters. The summed E-state index contributed by atoms with van der Waals surface area (Å²) in [5, 5.41) is 66.4. The first-order chi connectivity index (χ1) is 9.82. The molecule has 124 valence electrons. The summed E-state index contributed by atoms with van der Waals surface area (Å²) in [6.45, 7) is -1.64. The van der Waals surface area contributed by atoms with Crippen LogP contribution in [0.25, 0.3) is 0 Å². The van der Waals surface area contributed by atoms with E-state index in [1.807, 2.05) is 0 Å². The largest absolute Gasteiger partial charge is 0.391 e. The third kappa shape index (κ3) is 3.05. The van der Waals surface area contributed by atoms with Gasteiger partial charge in [-0.05, 0) is 0 Å². The average Bonchev–Trinajstić information content (AvgIpc) is 2.72. The van der Waals surface area contributed by atoms with Crippen LogP contribution in [0.4, 0.5) is 0 Å². The number of hydrogen-bond donors (Lipinski definition) is 7. The van der Waals surface area contributed by atoms with Gasteiger partial charge in [-0.2, -0.15) is 0 Å². The highest BCUT2D eigenvalue weighted by molar-refractivity contribution is 4.94. The van der Waals surface area contributed by atoms with E-state index in [9.17, 15) is 35.7 Å². The van der Waals surface area contributed by atoms with E-state index in [1.165, 1.54) is 0 Å². The van der Waals surface area contributed by atoms with Crippen LogP contribution >= 0.6 is 0 Å². The maximum Gasteiger partial charge on any atom is 0.221 e. The van der Waals surface area contributed by atoms with Crippen LogP contribution in [0, 0.1) is 0 Å². The van der Waals surface area contributed by atoms with Crippen molar-refractivity contribution < 1.29 is 50.0 Å². The van der Waals surface area contributed by atoms with Crippen molar-refractivity contribution in [3.8, 4) is 0 Å². The van der Waals surface area contributed by atoms with Crippen LogP contribution in [0.3, 0.4) is 0 Å². The fraction of sp³-hybridized carbons (Fsp3) is 1.00. The van der Waals surface area contributed by atoms with E-state index in [0.29, 0.717) is 0 Å². The molecule has 10 nitrogen and oxygen atoms in total. The first kappa shape index (κ1) is 17.0. The van der Waals surface area contributed by atoms with Gasteiger partial charge in [-0.15, -0.1) is 0 Å². The van der Waals surface area contributed by atoms with Gasteiger partial charge >= 0.3 is 0 Å². The molecule has 0 bridgehead atoms. The highest BCUT2D eigenvalue weighted by atomic mass is 16.7. The highest BCUT2D eigenvalue weighted by Gasteiger charge is 2.52.